The molecule has 2 aromatic carbocycles. The zero-order valence-corrected chi connectivity index (χ0v) is 14.8. The molecule has 128 valence electrons. The molecule has 24 heavy (non-hydrogen) atoms. The van der Waals surface area contributed by atoms with E-state index in [0.717, 1.165) is 11.3 Å². The molecule has 0 fully saturated rings. The summed E-state index contributed by atoms with van der Waals surface area (Å²) in [7, 11) is 0. The Labute approximate surface area is 147 Å². The summed E-state index contributed by atoms with van der Waals surface area (Å²) in [5.41, 5.74) is 1.06. The van der Waals surface area contributed by atoms with Crippen molar-refractivity contribution in [2.24, 2.45) is 0 Å². The highest BCUT2D eigenvalue weighted by Gasteiger charge is 2.18. The van der Waals surface area contributed by atoms with Crippen LogP contribution in [-0.4, -0.2) is 24.7 Å². The summed E-state index contributed by atoms with van der Waals surface area (Å²) in [6.07, 6.45) is -0.647. The van der Waals surface area contributed by atoms with E-state index in [1.165, 1.54) is 0 Å². The van der Waals surface area contributed by atoms with E-state index in [1.54, 1.807) is 19.1 Å². The number of nitrogens with one attached hydrogen (secondary N) is 1. The summed E-state index contributed by atoms with van der Waals surface area (Å²) in [6, 6.07) is 14.7. The minimum atomic E-state index is -0.647. The van der Waals surface area contributed by atoms with Crippen LogP contribution in [0.1, 0.15) is 19.4 Å². The SMILES string of the molecule is Cc1ccccc1OC[C@H](C)NC(=O)[C@@H](C)Oc1ccccc1Cl. The molecule has 0 saturated heterocycles. The highest BCUT2D eigenvalue weighted by atomic mass is 35.5. The molecule has 0 aromatic heterocycles. The fraction of sp³-hybridized carbons (Fsp3) is 0.316. The lowest BCUT2D eigenvalue weighted by Crippen LogP contribution is -2.43. The van der Waals surface area contributed by atoms with Crippen LogP contribution in [0.15, 0.2) is 48.5 Å². The topological polar surface area (TPSA) is 47.6 Å². The van der Waals surface area contributed by atoms with Gasteiger partial charge in [0.05, 0.1) is 11.1 Å². The van der Waals surface area contributed by atoms with Crippen LogP contribution in [0, 0.1) is 6.92 Å². The number of amides is 1. The Morgan fingerprint density at radius 2 is 1.71 bits per heavy atom. The van der Waals surface area contributed by atoms with E-state index in [-0.39, 0.29) is 11.9 Å². The summed E-state index contributed by atoms with van der Waals surface area (Å²) in [6.45, 7) is 5.94. The number of hydrogen-bond donors (Lipinski definition) is 1. The van der Waals surface area contributed by atoms with Crippen LogP contribution in [0.4, 0.5) is 0 Å². The number of hydrogen-bond acceptors (Lipinski definition) is 3. The second-order valence-electron chi connectivity index (χ2n) is 5.68. The average molecular weight is 348 g/mol. The minimum absolute atomic E-state index is 0.144. The Bertz CT molecular complexity index is 690. The molecule has 2 aromatic rings. The molecule has 2 rings (SSSR count). The van der Waals surface area contributed by atoms with E-state index in [2.05, 4.69) is 5.32 Å². The first kappa shape index (κ1) is 18.1. The van der Waals surface area contributed by atoms with Gasteiger partial charge in [-0.1, -0.05) is 41.9 Å². The molecule has 0 bridgehead atoms. The summed E-state index contributed by atoms with van der Waals surface area (Å²) in [4.78, 5) is 12.2. The van der Waals surface area contributed by atoms with Gasteiger partial charge < -0.3 is 14.8 Å². The fourth-order valence-electron chi connectivity index (χ4n) is 2.12. The number of para-hydroxylation sites is 2. The Hall–Kier alpha value is -2.20. The molecule has 0 heterocycles. The van der Waals surface area contributed by atoms with Crippen molar-refractivity contribution in [1.29, 1.82) is 0 Å². The van der Waals surface area contributed by atoms with Crippen LogP contribution in [-0.2, 0) is 4.79 Å². The molecule has 0 saturated carbocycles. The smallest absolute Gasteiger partial charge is 0.261 e. The van der Waals surface area contributed by atoms with Gasteiger partial charge in [-0.2, -0.15) is 0 Å². The highest BCUT2D eigenvalue weighted by Crippen LogP contribution is 2.24. The van der Waals surface area contributed by atoms with Crippen LogP contribution in [0.5, 0.6) is 11.5 Å². The first-order valence-corrected chi connectivity index (χ1v) is 8.25. The first-order valence-electron chi connectivity index (χ1n) is 7.87. The molecule has 2 atom stereocenters. The highest BCUT2D eigenvalue weighted by molar-refractivity contribution is 6.32. The van der Waals surface area contributed by atoms with Gasteiger partial charge in [-0.25, -0.2) is 0 Å². The molecular weight excluding hydrogens is 326 g/mol. The van der Waals surface area contributed by atoms with E-state index in [0.29, 0.717) is 17.4 Å². The molecular formula is C19H22ClNO3. The standard InChI is InChI=1S/C19H22ClNO3/c1-13-8-4-6-10-17(13)23-12-14(2)21-19(22)15(3)24-18-11-7-5-9-16(18)20/h4-11,14-15H,12H2,1-3H3,(H,21,22)/t14-,15+/m0/s1. The van der Waals surface area contributed by atoms with Gasteiger partial charge in [0.1, 0.15) is 18.1 Å². The van der Waals surface area contributed by atoms with Gasteiger partial charge in [-0.3, -0.25) is 4.79 Å². The van der Waals surface area contributed by atoms with Gasteiger partial charge in [0.25, 0.3) is 5.91 Å². The van der Waals surface area contributed by atoms with Crippen molar-refractivity contribution in [2.75, 3.05) is 6.61 Å². The number of halogens is 1. The van der Waals surface area contributed by atoms with Crippen molar-refractivity contribution in [2.45, 2.75) is 32.9 Å². The predicted molar refractivity (Wildman–Crippen MR) is 95.8 cm³/mol. The largest absolute Gasteiger partial charge is 0.491 e. The summed E-state index contributed by atoms with van der Waals surface area (Å²) in [5, 5.41) is 3.36. The lowest BCUT2D eigenvalue weighted by Gasteiger charge is -2.20. The molecule has 1 amide bonds. The summed E-state index contributed by atoms with van der Waals surface area (Å²) in [5.74, 6) is 1.10. The van der Waals surface area contributed by atoms with Gasteiger partial charge >= 0.3 is 0 Å². The molecule has 0 aliphatic heterocycles. The predicted octanol–water partition coefficient (Wildman–Crippen LogP) is 4.00. The van der Waals surface area contributed by atoms with Gasteiger partial charge in [0.2, 0.25) is 0 Å². The van der Waals surface area contributed by atoms with Gasteiger partial charge in [0, 0.05) is 0 Å². The molecule has 0 spiro atoms. The third-order valence-corrected chi connectivity index (χ3v) is 3.79. The maximum Gasteiger partial charge on any atom is 0.261 e. The van der Waals surface area contributed by atoms with Crippen LogP contribution in [0.3, 0.4) is 0 Å². The molecule has 1 N–H and O–H groups in total. The summed E-state index contributed by atoms with van der Waals surface area (Å²) >= 11 is 6.03. The number of benzene rings is 2. The van der Waals surface area contributed by atoms with Crippen LogP contribution in [0.25, 0.3) is 0 Å². The lowest BCUT2D eigenvalue weighted by atomic mass is 10.2. The third-order valence-electron chi connectivity index (χ3n) is 3.48. The van der Waals surface area contributed by atoms with Crippen molar-refractivity contribution in [1.82, 2.24) is 5.32 Å². The number of rotatable bonds is 7. The third kappa shape index (κ3) is 5.17. The summed E-state index contributed by atoms with van der Waals surface area (Å²) < 4.78 is 11.3. The molecule has 0 unspecified atom stereocenters. The van der Waals surface area contributed by atoms with Gasteiger partial charge in [-0.05, 0) is 44.5 Å². The van der Waals surface area contributed by atoms with E-state index >= 15 is 0 Å². The first-order chi connectivity index (χ1) is 11.5. The minimum Gasteiger partial charge on any atom is -0.491 e. The Balaban J connectivity index is 1.82. The maximum absolute atomic E-state index is 12.2. The lowest BCUT2D eigenvalue weighted by molar-refractivity contribution is -0.128. The van der Waals surface area contributed by atoms with Crippen molar-refractivity contribution in [3.8, 4) is 11.5 Å². The Kier molecular flexibility index (Phi) is 6.50. The molecule has 0 aliphatic rings. The van der Waals surface area contributed by atoms with E-state index in [1.807, 2.05) is 50.2 Å². The van der Waals surface area contributed by atoms with Crippen LogP contribution < -0.4 is 14.8 Å². The molecule has 0 radical (unpaired) electrons. The van der Waals surface area contributed by atoms with Crippen molar-refractivity contribution in [3.63, 3.8) is 0 Å². The quantitative estimate of drug-likeness (QED) is 0.823. The van der Waals surface area contributed by atoms with Crippen LogP contribution >= 0.6 is 11.6 Å². The number of carbonyl (C=O) groups is 1. The van der Waals surface area contributed by atoms with Crippen molar-refractivity contribution >= 4 is 17.5 Å². The van der Waals surface area contributed by atoms with E-state index < -0.39 is 6.10 Å². The Morgan fingerprint density at radius 3 is 2.38 bits per heavy atom. The zero-order valence-electron chi connectivity index (χ0n) is 14.1. The van der Waals surface area contributed by atoms with Gasteiger partial charge in [0.15, 0.2) is 6.10 Å². The second-order valence-corrected chi connectivity index (χ2v) is 6.08. The molecule has 4 nitrogen and oxygen atoms in total. The zero-order chi connectivity index (χ0) is 17.5. The monoisotopic (exact) mass is 347 g/mol. The van der Waals surface area contributed by atoms with Crippen LogP contribution in [0.2, 0.25) is 5.02 Å². The second kappa shape index (κ2) is 8.60. The van der Waals surface area contributed by atoms with Crippen molar-refractivity contribution < 1.29 is 14.3 Å². The van der Waals surface area contributed by atoms with Gasteiger partial charge in [-0.15, -0.1) is 0 Å². The van der Waals surface area contributed by atoms with Crippen molar-refractivity contribution in [3.05, 3.63) is 59.1 Å². The number of aryl methyl sites for hydroxylation is 1. The maximum atomic E-state index is 12.2. The molecule has 5 heteroatoms. The van der Waals surface area contributed by atoms with E-state index in [4.69, 9.17) is 21.1 Å². The average Bonchev–Trinajstić information content (AvgIpc) is 2.56. The number of carbonyl (C=O) groups excluding carboxylic acids is 1. The molecule has 0 aliphatic carbocycles. The Morgan fingerprint density at radius 1 is 1.08 bits per heavy atom. The van der Waals surface area contributed by atoms with E-state index in [9.17, 15) is 4.79 Å². The number of ether oxygens (including phenoxy) is 2. The normalized spacial score (nSPS) is 13.0. The fourth-order valence-corrected chi connectivity index (χ4v) is 2.30.